The van der Waals surface area contributed by atoms with E-state index in [0.29, 0.717) is 6.42 Å². The average Bonchev–Trinajstić information content (AvgIpc) is 3.04. The molecule has 0 spiro atoms. The Morgan fingerprint density at radius 2 is 2.07 bits per heavy atom. The molecule has 2 aromatic heterocycles. The number of phenols is 1. The molecule has 0 fully saturated rings. The van der Waals surface area contributed by atoms with Gasteiger partial charge in [0.05, 0.1) is 6.61 Å². The summed E-state index contributed by atoms with van der Waals surface area (Å²) >= 11 is 1.54. The van der Waals surface area contributed by atoms with Crippen LogP contribution in [0.15, 0.2) is 35.7 Å². The second kappa shape index (κ2) is 8.50. The smallest absolute Gasteiger partial charge is 0.335 e. The molecule has 1 unspecified atom stereocenters. The van der Waals surface area contributed by atoms with Gasteiger partial charge in [-0.15, -0.1) is 11.3 Å². The van der Waals surface area contributed by atoms with Gasteiger partial charge in [0, 0.05) is 28.9 Å². The van der Waals surface area contributed by atoms with Crippen molar-refractivity contribution in [3.8, 4) is 5.75 Å². The first kappa shape index (κ1) is 19.3. The molecule has 2 heterocycles. The highest BCUT2D eigenvalue weighted by molar-refractivity contribution is 7.17. The van der Waals surface area contributed by atoms with Crippen LogP contribution in [0.2, 0.25) is 0 Å². The number of aromatic hydroxyl groups is 1. The van der Waals surface area contributed by atoms with Gasteiger partial charge in [-0.2, -0.15) is 0 Å². The number of thiophene rings is 1. The minimum Gasteiger partial charge on any atom is -0.508 e. The van der Waals surface area contributed by atoms with Crippen LogP contribution in [-0.4, -0.2) is 33.9 Å². The van der Waals surface area contributed by atoms with Gasteiger partial charge in [0.1, 0.15) is 5.75 Å². The van der Waals surface area contributed by atoms with Gasteiger partial charge in [-0.25, -0.2) is 4.79 Å². The second-order valence-electron chi connectivity index (χ2n) is 6.49. The van der Waals surface area contributed by atoms with Crippen LogP contribution in [0.25, 0.3) is 10.1 Å². The van der Waals surface area contributed by atoms with Gasteiger partial charge in [-0.05, 0) is 59.5 Å². The molecule has 0 radical (unpaired) electrons. The molecule has 2 N–H and O–H groups in total. The summed E-state index contributed by atoms with van der Waals surface area (Å²) < 4.78 is 6.26. The number of ether oxygens (including phenoxy) is 1. The lowest BCUT2D eigenvalue weighted by Gasteiger charge is -2.13. The summed E-state index contributed by atoms with van der Waals surface area (Å²) in [5.41, 5.74) is 3.75. The molecular weight excluding hydrogens is 362 g/mol. The van der Waals surface area contributed by atoms with E-state index in [9.17, 15) is 15.0 Å². The first-order valence-electron chi connectivity index (χ1n) is 8.97. The van der Waals surface area contributed by atoms with E-state index in [-0.39, 0.29) is 18.8 Å². The van der Waals surface area contributed by atoms with Crippen LogP contribution in [0, 0.1) is 6.92 Å². The SMILES string of the molecule is CCc1nc(C)ccc1CC(O)C(=O)OCCc1csc2cc(O)ccc12. The van der Waals surface area contributed by atoms with E-state index in [2.05, 4.69) is 4.98 Å². The maximum Gasteiger partial charge on any atom is 0.335 e. The fourth-order valence-corrected chi connectivity index (χ4v) is 4.08. The maximum absolute atomic E-state index is 12.1. The molecule has 0 bridgehead atoms. The summed E-state index contributed by atoms with van der Waals surface area (Å²) in [5.74, 6) is -0.377. The topological polar surface area (TPSA) is 79.7 Å². The third-order valence-electron chi connectivity index (χ3n) is 4.48. The number of carbonyl (C=O) groups is 1. The van der Waals surface area contributed by atoms with Crippen molar-refractivity contribution in [2.45, 2.75) is 39.2 Å². The van der Waals surface area contributed by atoms with Crippen LogP contribution in [0.1, 0.15) is 29.4 Å². The molecule has 1 aromatic carbocycles. The lowest BCUT2D eigenvalue weighted by molar-refractivity contribution is -0.153. The van der Waals surface area contributed by atoms with E-state index in [1.807, 2.05) is 37.4 Å². The fourth-order valence-electron chi connectivity index (χ4n) is 3.05. The Kier molecular flexibility index (Phi) is 6.08. The Morgan fingerprint density at radius 1 is 1.26 bits per heavy atom. The number of fused-ring (bicyclic) bond motifs is 1. The predicted octanol–water partition coefficient (Wildman–Crippen LogP) is 3.56. The van der Waals surface area contributed by atoms with Crippen molar-refractivity contribution in [1.29, 1.82) is 0 Å². The Balaban J connectivity index is 1.55. The quantitative estimate of drug-likeness (QED) is 0.608. The summed E-state index contributed by atoms with van der Waals surface area (Å²) in [7, 11) is 0. The monoisotopic (exact) mass is 385 g/mol. The van der Waals surface area contributed by atoms with Gasteiger partial charge in [0.25, 0.3) is 0 Å². The van der Waals surface area contributed by atoms with Crippen LogP contribution >= 0.6 is 11.3 Å². The normalized spacial score (nSPS) is 12.3. The number of aryl methyl sites for hydroxylation is 2. The van der Waals surface area contributed by atoms with E-state index in [1.54, 1.807) is 23.5 Å². The molecule has 0 amide bonds. The predicted molar refractivity (Wildman–Crippen MR) is 106 cm³/mol. The standard InChI is InChI=1S/C21H23NO4S/c1-3-18-14(5-4-13(2)22-18)10-19(24)21(25)26-9-8-15-12-27-20-11-16(23)6-7-17(15)20/h4-7,11-12,19,23-24H,3,8-10H2,1-2H3. The number of esters is 1. The fraction of sp³-hybridized carbons (Fsp3) is 0.333. The van der Waals surface area contributed by atoms with Crippen molar-refractivity contribution in [2.75, 3.05) is 6.61 Å². The lowest BCUT2D eigenvalue weighted by atomic mass is 10.0. The highest BCUT2D eigenvalue weighted by Crippen LogP contribution is 2.29. The molecule has 142 valence electrons. The van der Waals surface area contributed by atoms with Crippen LogP contribution < -0.4 is 0 Å². The largest absolute Gasteiger partial charge is 0.508 e. The molecule has 27 heavy (non-hydrogen) atoms. The zero-order chi connectivity index (χ0) is 19.4. The molecule has 0 aliphatic heterocycles. The molecule has 1 atom stereocenters. The van der Waals surface area contributed by atoms with Gasteiger partial charge >= 0.3 is 5.97 Å². The van der Waals surface area contributed by atoms with E-state index in [0.717, 1.165) is 39.0 Å². The highest BCUT2D eigenvalue weighted by atomic mass is 32.1. The minimum absolute atomic E-state index is 0.204. The zero-order valence-electron chi connectivity index (χ0n) is 15.4. The van der Waals surface area contributed by atoms with Crippen molar-refractivity contribution in [3.05, 3.63) is 58.2 Å². The molecule has 5 nitrogen and oxygen atoms in total. The van der Waals surface area contributed by atoms with E-state index in [1.165, 1.54) is 0 Å². The first-order valence-corrected chi connectivity index (χ1v) is 9.85. The average molecular weight is 385 g/mol. The number of rotatable bonds is 7. The number of aromatic nitrogens is 1. The van der Waals surface area contributed by atoms with Crippen molar-refractivity contribution in [3.63, 3.8) is 0 Å². The molecule has 6 heteroatoms. The summed E-state index contributed by atoms with van der Waals surface area (Å²) in [5, 5.41) is 22.8. The zero-order valence-corrected chi connectivity index (χ0v) is 16.3. The summed E-state index contributed by atoms with van der Waals surface area (Å²) in [4.78, 5) is 16.6. The van der Waals surface area contributed by atoms with E-state index < -0.39 is 12.1 Å². The van der Waals surface area contributed by atoms with Crippen molar-refractivity contribution in [1.82, 2.24) is 4.98 Å². The molecule has 0 saturated carbocycles. The number of pyridine rings is 1. The summed E-state index contributed by atoms with van der Waals surface area (Å²) in [6, 6.07) is 9.02. The second-order valence-corrected chi connectivity index (χ2v) is 7.40. The van der Waals surface area contributed by atoms with E-state index in [4.69, 9.17) is 4.74 Å². The Bertz CT molecular complexity index is 951. The molecule has 3 rings (SSSR count). The number of hydrogen-bond donors (Lipinski definition) is 2. The molecule has 3 aromatic rings. The molecule has 0 aliphatic carbocycles. The van der Waals surface area contributed by atoms with Crippen molar-refractivity contribution >= 4 is 27.4 Å². The van der Waals surface area contributed by atoms with Gasteiger partial charge in [-0.3, -0.25) is 4.98 Å². The van der Waals surface area contributed by atoms with E-state index >= 15 is 0 Å². The van der Waals surface area contributed by atoms with Crippen LogP contribution in [0.4, 0.5) is 0 Å². The third-order valence-corrected chi connectivity index (χ3v) is 5.48. The van der Waals surface area contributed by atoms with Crippen LogP contribution in [0.5, 0.6) is 5.75 Å². The van der Waals surface area contributed by atoms with Crippen LogP contribution in [0.3, 0.4) is 0 Å². The number of carbonyl (C=O) groups excluding carboxylic acids is 1. The molecule has 0 saturated heterocycles. The Morgan fingerprint density at radius 3 is 2.85 bits per heavy atom. The van der Waals surface area contributed by atoms with Crippen LogP contribution in [-0.2, 0) is 28.8 Å². The number of phenolic OH excluding ortho intramolecular Hbond substituents is 1. The summed E-state index contributed by atoms with van der Waals surface area (Å²) in [6.45, 7) is 4.12. The first-order chi connectivity index (χ1) is 13.0. The van der Waals surface area contributed by atoms with Gasteiger partial charge in [-0.1, -0.05) is 13.0 Å². The Hall–Kier alpha value is -2.44. The lowest BCUT2D eigenvalue weighted by Crippen LogP contribution is -2.26. The minimum atomic E-state index is -1.20. The van der Waals surface area contributed by atoms with Gasteiger partial charge in [0.15, 0.2) is 6.10 Å². The highest BCUT2D eigenvalue weighted by Gasteiger charge is 2.19. The maximum atomic E-state index is 12.1. The molecular formula is C21H23NO4S. The number of aliphatic hydroxyl groups is 1. The van der Waals surface area contributed by atoms with Gasteiger partial charge in [0.2, 0.25) is 0 Å². The van der Waals surface area contributed by atoms with Crippen molar-refractivity contribution in [2.24, 2.45) is 0 Å². The third kappa shape index (κ3) is 4.64. The number of nitrogens with zero attached hydrogens (tertiary/aromatic N) is 1. The Labute approximate surface area is 162 Å². The number of aliphatic hydroxyl groups excluding tert-OH is 1. The molecule has 0 aliphatic rings. The van der Waals surface area contributed by atoms with Crippen molar-refractivity contribution < 1.29 is 19.7 Å². The number of hydrogen-bond acceptors (Lipinski definition) is 6. The summed E-state index contributed by atoms with van der Waals surface area (Å²) in [6.07, 6.45) is 0.321. The van der Waals surface area contributed by atoms with Gasteiger partial charge < -0.3 is 14.9 Å². The number of benzene rings is 1.